The molecule has 18 heavy (non-hydrogen) atoms. The molecule has 0 saturated carbocycles. The Bertz CT molecular complexity index is 426. The third kappa shape index (κ3) is 2.95. The maximum Gasteiger partial charge on any atom is 0.237 e. The van der Waals surface area contributed by atoms with Crippen LogP contribution in [-0.4, -0.2) is 41.6 Å². The van der Waals surface area contributed by atoms with Gasteiger partial charge in [-0.05, 0) is 12.1 Å². The van der Waals surface area contributed by atoms with Crippen LogP contribution < -0.4 is 17.0 Å². The first-order valence-electron chi connectivity index (χ1n) is 5.73. The molecule has 1 amide bonds. The smallest absolute Gasteiger partial charge is 0.237 e. The maximum absolute atomic E-state index is 11.3. The number of primary amides is 1. The molecule has 1 atom stereocenters. The van der Waals surface area contributed by atoms with Gasteiger partial charge in [0.05, 0.1) is 24.6 Å². The molecule has 2 heterocycles. The van der Waals surface area contributed by atoms with E-state index in [1.807, 2.05) is 11.0 Å². The number of hydrogen-bond acceptors (Lipinski definition) is 6. The van der Waals surface area contributed by atoms with Crippen LogP contribution >= 0.6 is 0 Å². The third-order valence-electron chi connectivity index (χ3n) is 2.92. The monoisotopic (exact) mass is 251 g/mol. The lowest BCUT2D eigenvalue weighted by Gasteiger charge is -2.33. The molecule has 0 aromatic carbocycles. The summed E-state index contributed by atoms with van der Waals surface area (Å²) in [7, 11) is 0. The fraction of sp³-hybridized carbons (Fsp3) is 0.455. The fourth-order valence-corrected chi connectivity index (χ4v) is 1.95. The van der Waals surface area contributed by atoms with E-state index < -0.39 is 6.04 Å². The Balaban J connectivity index is 2.08. The minimum atomic E-state index is -0.393. The lowest BCUT2D eigenvalue weighted by Crippen LogP contribution is -2.51. The molecule has 1 aliphatic rings. The topological polar surface area (TPSA) is 106 Å². The van der Waals surface area contributed by atoms with Gasteiger partial charge in [-0.25, -0.2) is 0 Å². The highest BCUT2D eigenvalue weighted by Gasteiger charge is 2.27. The first-order chi connectivity index (χ1) is 8.70. The van der Waals surface area contributed by atoms with Crippen LogP contribution in [-0.2, 0) is 16.1 Å². The largest absolute Gasteiger partial charge is 0.378 e. The van der Waals surface area contributed by atoms with Crippen LogP contribution in [0.25, 0.3) is 0 Å². The molecule has 1 fully saturated rings. The number of nitrogens with one attached hydrogen (secondary N) is 1. The number of hydrogen-bond donors (Lipinski definition) is 3. The van der Waals surface area contributed by atoms with Gasteiger partial charge in [0.1, 0.15) is 6.04 Å². The van der Waals surface area contributed by atoms with Crippen LogP contribution in [0.3, 0.4) is 0 Å². The molecular weight excluding hydrogens is 234 g/mol. The standard InChI is InChI=1S/C11H17N5O2/c12-11(17)10-7-18-4-3-16(10)6-9-5-8(15-13)1-2-14-9/h1-2,5,10H,3-4,6-7,13H2,(H2,12,17)(H,14,15). The first-order valence-corrected chi connectivity index (χ1v) is 5.73. The van der Waals surface area contributed by atoms with Crippen molar-refractivity contribution in [3.63, 3.8) is 0 Å². The first kappa shape index (κ1) is 12.7. The zero-order chi connectivity index (χ0) is 13.0. The van der Waals surface area contributed by atoms with E-state index in [4.69, 9.17) is 16.3 Å². The average molecular weight is 251 g/mol. The number of carbonyl (C=O) groups is 1. The van der Waals surface area contributed by atoms with E-state index in [2.05, 4.69) is 10.4 Å². The second-order valence-electron chi connectivity index (χ2n) is 4.14. The third-order valence-corrected chi connectivity index (χ3v) is 2.92. The summed E-state index contributed by atoms with van der Waals surface area (Å²) in [6.07, 6.45) is 1.67. The molecule has 1 aromatic heterocycles. The van der Waals surface area contributed by atoms with Gasteiger partial charge in [0.15, 0.2) is 0 Å². The van der Waals surface area contributed by atoms with Crippen LogP contribution in [0.1, 0.15) is 5.69 Å². The van der Waals surface area contributed by atoms with Gasteiger partial charge in [0.2, 0.25) is 5.91 Å². The van der Waals surface area contributed by atoms with Crippen molar-refractivity contribution in [2.75, 3.05) is 25.2 Å². The van der Waals surface area contributed by atoms with Crippen LogP contribution in [0.15, 0.2) is 18.3 Å². The van der Waals surface area contributed by atoms with Crippen LogP contribution in [0.4, 0.5) is 5.69 Å². The molecular formula is C11H17N5O2. The molecule has 0 bridgehead atoms. The number of hydrazine groups is 1. The number of ether oxygens (including phenoxy) is 1. The Morgan fingerprint density at radius 3 is 3.22 bits per heavy atom. The summed E-state index contributed by atoms with van der Waals surface area (Å²) in [5, 5.41) is 0. The molecule has 1 unspecified atom stereocenters. The zero-order valence-corrected chi connectivity index (χ0v) is 10.0. The van der Waals surface area contributed by atoms with Crippen LogP contribution in [0.5, 0.6) is 0 Å². The molecule has 5 N–H and O–H groups in total. The fourth-order valence-electron chi connectivity index (χ4n) is 1.95. The normalized spacial score (nSPS) is 20.6. The number of amides is 1. The molecule has 0 spiro atoms. The zero-order valence-electron chi connectivity index (χ0n) is 10.0. The number of anilines is 1. The van der Waals surface area contributed by atoms with Gasteiger partial charge in [-0.1, -0.05) is 0 Å². The van der Waals surface area contributed by atoms with Crippen LogP contribution in [0.2, 0.25) is 0 Å². The van der Waals surface area contributed by atoms with Crippen molar-refractivity contribution in [2.45, 2.75) is 12.6 Å². The second-order valence-corrected chi connectivity index (χ2v) is 4.14. The van der Waals surface area contributed by atoms with Crippen molar-refractivity contribution < 1.29 is 9.53 Å². The minimum absolute atomic E-state index is 0.337. The van der Waals surface area contributed by atoms with Gasteiger partial charge in [-0.3, -0.25) is 20.5 Å². The van der Waals surface area contributed by atoms with Gasteiger partial charge >= 0.3 is 0 Å². The maximum atomic E-state index is 11.3. The summed E-state index contributed by atoms with van der Waals surface area (Å²) >= 11 is 0. The SMILES string of the molecule is NNc1ccnc(CN2CCOCC2C(N)=O)c1. The highest BCUT2D eigenvalue weighted by Crippen LogP contribution is 2.13. The molecule has 7 heteroatoms. The lowest BCUT2D eigenvalue weighted by atomic mass is 10.2. The summed E-state index contributed by atoms with van der Waals surface area (Å²) in [5.41, 5.74) is 9.53. The highest BCUT2D eigenvalue weighted by atomic mass is 16.5. The van der Waals surface area contributed by atoms with Gasteiger partial charge in [0.25, 0.3) is 0 Å². The second kappa shape index (κ2) is 5.76. The van der Waals surface area contributed by atoms with Crippen molar-refractivity contribution in [3.8, 4) is 0 Å². The number of nitrogens with two attached hydrogens (primary N) is 2. The minimum Gasteiger partial charge on any atom is -0.378 e. The van der Waals surface area contributed by atoms with E-state index in [-0.39, 0.29) is 5.91 Å². The van der Waals surface area contributed by atoms with Gasteiger partial charge in [-0.2, -0.15) is 0 Å². The van der Waals surface area contributed by atoms with E-state index >= 15 is 0 Å². The van der Waals surface area contributed by atoms with E-state index in [1.165, 1.54) is 0 Å². The highest BCUT2D eigenvalue weighted by molar-refractivity contribution is 5.80. The molecule has 98 valence electrons. The van der Waals surface area contributed by atoms with Crippen molar-refractivity contribution in [2.24, 2.45) is 11.6 Å². The number of nitrogen functional groups attached to an aromatic ring is 1. The number of pyridine rings is 1. The number of rotatable bonds is 4. The summed E-state index contributed by atoms with van der Waals surface area (Å²) in [5.74, 6) is 4.97. The average Bonchev–Trinajstić information content (AvgIpc) is 2.39. The molecule has 0 aliphatic carbocycles. The van der Waals surface area contributed by atoms with Gasteiger partial charge in [-0.15, -0.1) is 0 Å². The Morgan fingerprint density at radius 1 is 1.67 bits per heavy atom. The van der Waals surface area contributed by atoms with Crippen molar-refractivity contribution in [1.82, 2.24) is 9.88 Å². The predicted octanol–water partition coefficient (Wildman–Crippen LogP) is -0.947. The molecule has 2 rings (SSSR count). The van der Waals surface area contributed by atoms with Crippen molar-refractivity contribution in [1.29, 1.82) is 0 Å². The van der Waals surface area contributed by atoms with Crippen molar-refractivity contribution >= 4 is 11.6 Å². The molecule has 1 saturated heterocycles. The number of morpholine rings is 1. The Morgan fingerprint density at radius 2 is 2.50 bits per heavy atom. The summed E-state index contributed by atoms with van der Waals surface area (Å²) in [6.45, 7) is 2.14. The summed E-state index contributed by atoms with van der Waals surface area (Å²) in [6, 6.07) is 3.22. The summed E-state index contributed by atoms with van der Waals surface area (Å²) < 4.78 is 5.26. The van der Waals surface area contributed by atoms with E-state index in [0.29, 0.717) is 26.3 Å². The number of carbonyl (C=O) groups excluding carboxylic acids is 1. The Hall–Kier alpha value is -1.70. The molecule has 1 aromatic rings. The molecule has 0 radical (unpaired) electrons. The quantitative estimate of drug-likeness (QED) is 0.470. The van der Waals surface area contributed by atoms with E-state index in [0.717, 1.165) is 11.4 Å². The Labute approximate surface area is 105 Å². The van der Waals surface area contributed by atoms with Gasteiger partial charge in [0, 0.05) is 19.3 Å². The van der Waals surface area contributed by atoms with E-state index in [1.54, 1.807) is 12.3 Å². The van der Waals surface area contributed by atoms with Crippen LogP contribution in [0, 0.1) is 0 Å². The van der Waals surface area contributed by atoms with Crippen molar-refractivity contribution in [3.05, 3.63) is 24.0 Å². The number of nitrogens with zero attached hydrogens (tertiary/aromatic N) is 2. The number of aromatic nitrogens is 1. The predicted molar refractivity (Wildman–Crippen MR) is 66.3 cm³/mol. The molecule has 1 aliphatic heterocycles. The summed E-state index contributed by atoms with van der Waals surface area (Å²) in [4.78, 5) is 17.5. The Kier molecular flexibility index (Phi) is 4.08. The lowest BCUT2D eigenvalue weighted by molar-refractivity contribution is -0.129. The van der Waals surface area contributed by atoms with Gasteiger partial charge < -0.3 is 15.9 Å². The molecule has 7 nitrogen and oxygen atoms in total. The van der Waals surface area contributed by atoms with E-state index in [9.17, 15) is 4.79 Å².